The zero-order valence-corrected chi connectivity index (χ0v) is 12.4. The van der Waals surface area contributed by atoms with Crippen LogP contribution in [0.25, 0.3) is 0 Å². The first-order valence-electron chi connectivity index (χ1n) is 7.10. The molecule has 0 saturated heterocycles. The fraction of sp³-hybridized carbons (Fsp3) is 0.188. The van der Waals surface area contributed by atoms with Gasteiger partial charge in [-0.3, -0.25) is 19.3 Å². The Kier molecular flexibility index (Phi) is 3.84. The van der Waals surface area contributed by atoms with E-state index >= 15 is 0 Å². The number of nitrogens with zero attached hydrogens (tertiary/aromatic N) is 1. The summed E-state index contributed by atoms with van der Waals surface area (Å²) in [7, 11) is 0. The maximum atomic E-state index is 12.3. The Morgan fingerprint density at radius 1 is 1.30 bits per heavy atom. The number of aromatic amines is 1. The van der Waals surface area contributed by atoms with Crippen molar-refractivity contribution in [2.75, 3.05) is 16.8 Å². The van der Waals surface area contributed by atoms with Crippen molar-refractivity contribution >= 4 is 23.2 Å². The number of carbonyl (C=O) groups is 2. The Hall–Kier alpha value is -3.09. The van der Waals surface area contributed by atoms with Gasteiger partial charge in [0.15, 0.2) is 6.10 Å². The van der Waals surface area contributed by atoms with Gasteiger partial charge in [-0.15, -0.1) is 0 Å². The molecule has 0 spiro atoms. The third-order valence-corrected chi connectivity index (χ3v) is 3.47. The van der Waals surface area contributed by atoms with Gasteiger partial charge in [0, 0.05) is 18.5 Å². The number of fused-ring (bicyclic) bond motifs is 1. The van der Waals surface area contributed by atoms with E-state index in [2.05, 4.69) is 10.3 Å². The summed E-state index contributed by atoms with van der Waals surface area (Å²) in [5.74, 6) is -0.218. The van der Waals surface area contributed by atoms with Gasteiger partial charge in [-0.25, -0.2) is 0 Å². The van der Waals surface area contributed by atoms with E-state index in [9.17, 15) is 14.4 Å². The molecule has 23 heavy (non-hydrogen) atoms. The van der Waals surface area contributed by atoms with Crippen molar-refractivity contribution in [3.8, 4) is 5.75 Å². The van der Waals surface area contributed by atoms with E-state index in [4.69, 9.17) is 4.74 Å². The summed E-state index contributed by atoms with van der Waals surface area (Å²) in [6.45, 7) is 1.43. The van der Waals surface area contributed by atoms with Crippen LogP contribution in [0.4, 0.5) is 11.4 Å². The van der Waals surface area contributed by atoms with Gasteiger partial charge in [0.05, 0.1) is 5.69 Å². The zero-order valence-electron chi connectivity index (χ0n) is 12.4. The minimum absolute atomic E-state index is 0.138. The second kappa shape index (κ2) is 5.96. The molecule has 2 heterocycles. The van der Waals surface area contributed by atoms with Gasteiger partial charge in [-0.1, -0.05) is 12.1 Å². The molecule has 7 nitrogen and oxygen atoms in total. The summed E-state index contributed by atoms with van der Waals surface area (Å²) in [4.78, 5) is 40.2. The molecule has 1 aromatic carbocycles. The summed E-state index contributed by atoms with van der Waals surface area (Å²) < 4.78 is 5.52. The number of rotatable bonds is 3. The van der Waals surface area contributed by atoms with E-state index in [0.717, 1.165) is 0 Å². The number of amides is 2. The normalized spacial score (nSPS) is 16.5. The Morgan fingerprint density at radius 2 is 2.09 bits per heavy atom. The van der Waals surface area contributed by atoms with Crippen LogP contribution in [0.1, 0.15) is 6.92 Å². The van der Waals surface area contributed by atoms with Crippen LogP contribution in [0.15, 0.2) is 47.5 Å². The second-order valence-electron chi connectivity index (χ2n) is 5.12. The second-order valence-corrected chi connectivity index (χ2v) is 5.12. The lowest BCUT2D eigenvalue weighted by Crippen LogP contribution is -2.47. The van der Waals surface area contributed by atoms with Crippen molar-refractivity contribution < 1.29 is 14.3 Å². The number of carbonyl (C=O) groups excluding carboxylic acids is 2. The van der Waals surface area contributed by atoms with Gasteiger partial charge in [-0.2, -0.15) is 0 Å². The molecule has 0 bridgehead atoms. The van der Waals surface area contributed by atoms with E-state index in [1.807, 2.05) is 0 Å². The van der Waals surface area contributed by atoms with Crippen molar-refractivity contribution in [2.24, 2.45) is 0 Å². The molecule has 1 aliphatic rings. The van der Waals surface area contributed by atoms with E-state index < -0.39 is 12.0 Å². The van der Waals surface area contributed by atoms with Crippen LogP contribution in [-0.4, -0.2) is 29.4 Å². The highest BCUT2D eigenvalue weighted by atomic mass is 16.5. The number of hydrogen-bond acceptors (Lipinski definition) is 4. The van der Waals surface area contributed by atoms with Crippen LogP contribution in [0.2, 0.25) is 0 Å². The van der Waals surface area contributed by atoms with Gasteiger partial charge in [0.25, 0.3) is 5.91 Å². The summed E-state index contributed by atoms with van der Waals surface area (Å²) in [6, 6.07) is 8.32. The fourth-order valence-corrected chi connectivity index (χ4v) is 2.37. The highest BCUT2D eigenvalue weighted by Gasteiger charge is 2.32. The van der Waals surface area contributed by atoms with Crippen molar-refractivity contribution in [3.05, 3.63) is 52.9 Å². The number of ether oxygens (including phenoxy) is 1. The monoisotopic (exact) mass is 313 g/mol. The summed E-state index contributed by atoms with van der Waals surface area (Å²) >= 11 is 0. The first-order chi connectivity index (χ1) is 11.1. The standard InChI is InChI=1S/C16H15N3O4/c1-10-16(22)19(12-4-2-3-5-14(12)23-10)9-15(21)18-11-8-17-7-6-13(11)20/h2-8,10H,9H2,1H3,(H,17,20)(H,18,21)/t10-/m0/s1. The molecule has 3 rings (SSSR count). The van der Waals surface area contributed by atoms with Crippen LogP contribution >= 0.6 is 0 Å². The van der Waals surface area contributed by atoms with Gasteiger partial charge < -0.3 is 15.0 Å². The van der Waals surface area contributed by atoms with Crippen molar-refractivity contribution in [2.45, 2.75) is 13.0 Å². The molecule has 1 aliphatic heterocycles. The Morgan fingerprint density at radius 3 is 2.87 bits per heavy atom. The predicted octanol–water partition coefficient (Wildman–Crippen LogP) is 1.13. The minimum Gasteiger partial charge on any atom is -0.479 e. The Balaban J connectivity index is 1.81. The quantitative estimate of drug-likeness (QED) is 0.888. The van der Waals surface area contributed by atoms with Crippen LogP contribution in [0.5, 0.6) is 5.75 Å². The number of benzene rings is 1. The van der Waals surface area contributed by atoms with Crippen molar-refractivity contribution in [1.82, 2.24) is 4.98 Å². The molecule has 118 valence electrons. The molecule has 2 amide bonds. The molecule has 0 radical (unpaired) electrons. The molecular formula is C16H15N3O4. The Bertz CT molecular complexity index is 815. The van der Waals surface area contributed by atoms with E-state index in [1.165, 1.54) is 23.4 Å². The molecule has 0 saturated carbocycles. The number of H-pyrrole nitrogens is 1. The highest BCUT2D eigenvalue weighted by molar-refractivity contribution is 6.06. The third kappa shape index (κ3) is 2.94. The van der Waals surface area contributed by atoms with E-state index in [-0.39, 0.29) is 23.6 Å². The molecule has 1 aromatic heterocycles. The average molecular weight is 313 g/mol. The maximum Gasteiger partial charge on any atom is 0.268 e. The zero-order chi connectivity index (χ0) is 16.4. The number of hydrogen-bond donors (Lipinski definition) is 2. The van der Waals surface area contributed by atoms with E-state index in [0.29, 0.717) is 11.4 Å². The van der Waals surface area contributed by atoms with Crippen LogP contribution in [0, 0.1) is 0 Å². The van der Waals surface area contributed by atoms with Crippen molar-refractivity contribution in [1.29, 1.82) is 0 Å². The summed E-state index contributed by atoms with van der Waals surface area (Å²) in [5, 5.41) is 2.51. The summed E-state index contributed by atoms with van der Waals surface area (Å²) in [6.07, 6.45) is 2.21. The lowest BCUT2D eigenvalue weighted by Gasteiger charge is -2.32. The molecule has 1 atom stereocenters. The molecule has 0 unspecified atom stereocenters. The topological polar surface area (TPSA) is 91.5 Å². The summed E-state index contributed by atoms with van der Waals surface area (Å²) in [5.41, 5.74) is 0.367. The minimum atomic E-state index is -0.669. The molecule has 2 aromatic rings. The van der Waals surface area contributed by atoms with Crippen LogP contribution in [-0.2, 0) is 9.59 Å². The number of anilines is 2. The molecule has 2 N–H and O–H groups in total. The first kappa shape index (κ1) is 14.8. The molecular weight excluding hydrogens is 298 g/mol. The van der Waals surface area contributed by atoms with Crippen LogP contribution < -0.4 is 20.4 Å². The van der Waals surface area contributed by atoms with Gasteiger partial charge >= 0.3 is 0 Å². The lowest BCUT2D eigenvalue weighted by molar-refractivity contribution is -0.127. The maximum absolute atomic E-state index is 12.3. The molecule has 7 heteroatoms. The van der Waals surface area contributed by atoms with Gasteiger partial charge in [0.1, 0.15) is 18.0 Å². The van der Waals surface area contributed by atoms with Crippen molar-refractivity contribution in [3.63, 3.8) is 0 Å². The number of nitrogens with one attached hydrogen (secondary N) is 2. The van der Waals surface area contributed by atoms with Gasteiger partial charge in [0.2, 0.25) is 11.3 Å². The third-order valence-electron chi connectivity index (χ3n) is 3.47. The predicted molar refractivity (Wildman–Crippen MR) is 84.6 cm³/mol. The highest BCUT2D eigenvalue weighted by Crippen LogP contribution is 2.33. The SMILES string of the molecule is C[C@@H]1Oc2ccccc2N(CC(=O)Nc2c[nH]ccc2=O)C1=O. The number of para-hydroxylation sites is 2. The smallest absolute Gasteiger partial charge is 0.268 e. The molecule has 0 fully saturated rings. The number of pyridine rings is 1. The first-order valence-corrected chi connectivity index (χ1v) is 7.10. The Labute approximate surface area is 131 Å². The number of aromatic nitrogens is 1. The fourth-order valence-electron chi connectivity index (χ4n) is 2.37. The van der Waals surface area contributed by atoms with Gasteiger partial charge in [-0.05, 0) is 19.1 Å². The average Bonchev–Trinajstić information content (AvgIpc) is 2.54. The van der Waals surface area contributed by atoms with E-state index in [1.54, 1.807) is 31.2 Å². The largest absolute Gasteiger partial charge is 0.479 e. The molecule has 0 aliphatic carbocycles. The lowest BCUT2D eigenvalue weighted by atomic mass is 10.2. The van der Waals surface area contributed by atoms with Crippen LogP contribution in [0.3, 0.4) is 0 Å².